The number of thioether (sulfide) groups is 1. The molecule has 0 bridgehead atoms. The molecule has 0 aliphatic rings. The van der Waals surface area contributed by atoms with Gasteiger partial charge in [0.15, 0.2) is 16.7 Å². The lowest BCUT2D eigenvalue weighted by molar-refractivity contribution is 0.267. The second-order valence-corrected chi connectivity index (χ2v) is 9.59. The number of fused-ring (bicyclic) bond motifs is 1. The van der Waals surface area contributed by atoms with Crippen molar-refractivity contribution in [2.75, 3.05) is 6.61 Å². The first-order valence-corrected chi connectivity index (χ1v) is 12.4. The fraction of sp³-hybridized carbons (Fsp3) is 0.120. The third-order valence-corrected chi connectivity index (χ3v) is 6.48. The first-order chi connectivity index (χ1) is 16.1. The summed E-state index contributed by atoms with van der Waals surface area (Å²) in [6.07, 6.45) is 1.82. The van der Waals surface area contributed by atoms with Crippen molar-refractivity contribution in [1.82, 2.24) is 9.97 Å². The average Bonchev–Trinajstić information content (AvgIpc) is 3.22. The van der Waals surface area contributed by atoms with Crippen LogP contribution in [0.15, 0.2) is 70.7 Å². The first-order valence-electron chi connectivity index (χ1n) is 10.1. The maximum atomic E-state index is 9.70. The van der Waals surface area contributed by atoms with Crippen LogP contribution in [0.4, 0.5) is 0 Å². The zero-order valence-electron chi connectivity index (χ0n) is 17.6. The molecule has 1 heterocycles. The molecule has 0 fully saturated rings. The summed E-state index contributed by atoms with van der Waals surface area (Å²) in [7, 11) is 0. The number of benzene rings is 3. The summed E-state index contributed by atoms with van der Waals surface area (Å²) in [6.45, 7) is 2.82. The minimum Gasteiger partial charge on any atom is -0.490 e. The number of para-hydroxylation sites is 2. The molecule has 4 rings (SSSR count). The van der Waals surface area contributed by atoms with Crippen LogP contribution in [0.1, 0.15) is 18.1 Å². The van der Waals surface area contributed by atoms with Gasteiger partial charge in [0.2, 0.25) is 0 Å². The van der Waals surface area contributed by atoms with E-state index in [1.807, 2.05) is 73.7 Å². The number of nitrogens with zero attached hydrogens (tertiary/aromatic N) is 2. The van der Waals surface area contributed by atoms with Crippen LogP contribution in [0.5, 0.6) is 11.5 Å². The lowest BCUT2D eigenvalue weighted by Gasteiger charge is -2.15. The highest BCUT2D eigenvalue weighted by Crippen LogP contribution is 2.36. The molecule has 1 N–H and O–H groups in total. The molecule has 0 radical (unpaired) electrons. The number of H-pyrrole nitrogens is 1. The Morgan fingerprint density at radius 3 is 2.70 bits per heavy atom. The predicted molar refractivity (Wildman–Crippen MR) is 142 cm³/mol. The van der Waals surface area contributed by atoms with Crippen molar-refractivity contribution in [3.8, 4) is 17.6 Å². The molecular formula is C25H19ClIN3O2S. The maximum absolute atomic E-state index is 9.70. The summed E-state index contributed by atoms with van der Waals surface area (Å²) in [4.78, 5) is 8.30. The average molecular weight is 588 g/mol. The fourth-order valence-electron chi connectivity index (χ4n) is 3.13. The minimum absolute atomic E-state index is 0.397. The van der Waals surface area contributed by atoms with Gasteiger partial charge in [0.05, 0.1) is 26.1 Å². The second kappa shape index (κ2) is 11.0. The molecular weight excluding hydrogens is 569 g/mol. The van der Waals surface area contributed by atoms with Crippen LogP contribution in [0.2, 0.25) is 5.02 Å². The van der Waals surface area contributed by atoms with Crippen LogP contribution >= 0.6 is 46.0 Å². The predicted octanol–water partition coefficient (Wildman–Crippen LogP) is 7.46. The van der Waals surface area contributed by atoms with Crippen molar-refractivity contribution < 1.29 is 9.47 Å². The SMILES string of the molecule is CCOc1cc(/C=C(\C#N)Sc2nc3ccccc3[nH]2)cc(I)c1OCc1ccc(Cl)cc1. The Morgan fingerprint density at radius 2 is 1.97 bits per heavy atom. The number of allylic oxidation sites excluding steroid dienone is 1. The first kappa shape index (κ1) is 23.5. The Balaban J connectivity index is 1.57. The van der Waals surface area contributed by atoms with E-state index in [1.54, 1.807) is 0 Å². The van der Waals surface area contributed by atoms with Crippen LogP contribution in [0.3, 0.4) is 0 Å². The lowest BCUT2D eigenvalue weighted by Crippen LogP contribution is -2.02. The third kappa shape index (κ3) is 6.02. The molecule has 3 aromatic carbocycles. The molecule has 166 valence electrons. The highest BCUT2D eigenvalue weighted by atomic mass is 127. The summed E-state index contributed by atoms with van der Waals surface area (Å²) >= 11 is 9.49. The molecule has 0 unspecified atom stereocenters. The number of ether oxygens (including phenoxy) is 2. The molecule has 0 saturated carbocycles. The van der Waals surface area contributed by atoms with E-state index >= 15 is 0 Å². The molecule has 0 amide bonds. The quantitative estimate of drug-likeness (QED) is 0.132. The topological polar surface area (TPSA) is 70.9 Å². The van der Waals surface area contributed by atoms with Crippen LogP contribution in [0.25, 0.3) is 17.1 Å². The number of nitriles is 1. The molecule has 0 spiro atoms. The fourth-order valence-corrected chi connectivity index (χ4v) is 4.79. The summed E-state index contributed by atoms with van der Waals surface area (Å²) in [5.74, 6) is 1.31. The summed E-state index contributed by atoms with van der Waals surface area (Å²) in [5, 5.41) is 11.1. The van der Waals surface area contributed by atoms with E-state index in [0.29, 0.717) is 39.8 Å². The van der Waals surface area contributed by atoms with Gasteiger partial charge >= 0.3 is 0 Å². The van der Waals surface area contributed by atoms with Crippen molar-refractivity contribution in [3.63, 3.8) is 0 Å². The number of nitrogens with one attached hydrogen (secondary N) is 1. The van der Waals surface area contributed by atoms with Crippen molar-refractivity contribution in [2.24, 2.45) is 0 Å². The molecule has 33 heavy (non-hydrogen) atoms. The van der Waals surface area contributed by atoms with Gasteiger partial charge < -0.3 is 14.5 Å². The molecule has 0 aliphatic heterocycles. The standard InChI is InChI=1S/C25H19ClIN3O2S/c1-2-31-23-13-17(12-20(27)24(23)32-15-16-7-9-18(26)10-8-16)11-19(14-28)33-25-29-21-5-3-4-6-22(21)30-25/h3-13H,2,15H2,1H3,(H,29,30)/b19-11+. The highest BCUT2D eigenvalue weighted by Gasteiger charge is 2.13. The van der Waals surface area contributed by atoms with Crippen LogP contribution in [-0.2, 0) is 6.61 Å². The van der Waals surface area contributed by atoms with Gasteiger partial charge in [-0.2, -0.15) is 5.26 Å². The number of halogens is 2. The minimum atomic E-state index is 0.397. The number of rotatable bonds is 8. The highest BCUT2D eigenvalue weighted by molar-refractivity contribution is 14.1. The molecule has 0 aliphatic carbocycles. The van der Waals surface area contributed by atoms with Crippen LogP contribution in [-0.4, -0.2) is 16.6 Å². The van der Waals surface area contributed by atoms with Gasteiger partial charge in [0.25, 0.3) is 0 Å². The van der Waals surface area contributed by atoms with Crippen molar-refractivity contribution in [3.05, 3.63) is 85.3 Å². The molecule has 1 aromatic heterocycles. The molecule has 4 aromatic rings. The molecule has 8 heteroatoms. The van der Waals surface area contributed by atoms with Gasteiger partial charge in [-0.15, -0.1) is 0 Å². The van der Waals surface area contributed by atoms with E-state index in [4.69, 9.17) is 21.1 Å². The molecule has 0 saturated heterocycles. The Hall–Kier alpha value is -2.67. The normalized spacial score (nSPS) is 11.4. The van der Waals surface area contributed by atoms with E-state index in [-0.39, 0.29) is 0 Å². The molecule has 0 atom stereocenters. The second-order valence-electron chi connectivity index (χ2n) is 6.96. The van der Waals surface area contributed by atoms with Gasteiger partial charge in [0.1, 0.15) is 12.7 Å². The van der Waals surface area contributed by atoms with Crippen molar-refractivity contribution >= 4 is 63.1 Å². The maximum Gasteiger partial charge on any atom is 0.175 e. The zero-order chi connectivity index (χ0) is 23.2. The van der Waals surface area contributed by atoms with E-state index in [1.165, 1.54) is 11.8 Å². The van der Waals surface area contributed by atoms with Gasteiger partial charge in [-0.1, -0.05) is 35.9 Å². The summed E-state index contributed by atoms with van der Waals surface area (Å²) in [6, 6.07) is 21.4. The van der Waals surface area contributed by atoms with E-state index < -0.39 is 0 Å². The van der Waals surface area contributed by atoms with Crippen LogP contribution in [0, 0.1) is 14.9 Å². The third-order valence-electron chi connectivity index (χ3n) is 4.61. The Labute approximate surface area is 214 Å². The number of imidazole rings is 1. The summed E-state index contributed by atoms with van der Waals surface area (Å²) in [5.41, 5.74) is 3.66. The number of hydrogen-bond donors (Lipinski definition) is 1. The van der Waals surface area contributed by atoms with Crippen molar-refractivity contribution in [1.29, 1.82) is 5.26 Å². The van der Waals surface area contributed by atoms with Gasteiger partial charge in [-0.25, -0.2) is 4.98 Å². The van der Waals surface area contributed by atoms with E-state index in [9.17, 15) is 5.26 Å². The van der Waals surface area contributed by atoms with Crippen molar-refractivity contribution in [2.45, 2.75) is 18.7 Å². The number of aromatic amines is 1. The number of hydrogen-bond acceptors (Lipinski definition) is 5. The Morgan fingerprint density at radius 1 is 1.18 bits per heavy atom. The van der Waals surface area contributed by atoms with Crippen LogP contribution < -0.4 is 9.47 Å². The summed E-state index contributed by atoms with van der Waals surface area (Å²) < 4.78 is 12.8. The van der Waals surface area contributed by atoms with Gasteiger partial charge in [0, 0.05) is 5.02 Å². The number of aromatic nitrogens is 2. The smallest absolute Gasteiger partial charge is 0.175 e. The van der Waals surface area contributed by atoms with E-state index in [0.717, 1.165) is 25.7 Å². The largest absolute Gasteiger partial charge is 0.490 e. The van der Waals surface area contributed by atoms with Gasteiger partial charge in [-0.05, 0) is 94.9 Å². The Bertz CT molecular complexity index is 1310. The lowest BCUT2D eigenvalue weighted by atomic mass is 10.2. The van der Waals surface area contributed by atoms with Gasteiger partial charge in [-0.3, -0.25) is 0 Å². The Kier molecular flexibility index (Phi) is 7.81. The van der Waals surface area contributed by atoms with E-state index in [2.05, 4.69) is 38.6 Å². The zero-order valence-corrected chi connectivity index (χ0v) is 21.4. The molecule has 5 nitrogen and oxygen atoms in total. The monoisotopic (exact) mass is 587 g/mol.